The van der Waals surface area contributed by atoms with E-state index in [4.69, 9.17) is 21.8 Å². The van der Waals surface area contributed by atoms with E-state index in [0.717, 1.165) is 38.6 Å². The molecular formula is C21H36ClN5O3. The molecule has 1 aromatic rings. The van der Waals surface area contributed by atoms with Crippen LogP contribution < -0.4 is 4.90 Å². The summed E-state index contributed by atoms with van der Waals surface area (Å²) < 4.78 is 0. The number of amides is 1. The molecule has 1 aliphatic carbocycles. The predicted molar refractivity (Wildman–Crippen MR) is 119 cm³/mol. The van der Waals surface area contributed by atoms with Gasteiger partial charge in [0.15, 0.2) is 0 Å². The van der Waals surface area contributed by atoms with Gasteiger partial charge in [-0.2, -0.15) is 0 Å². The fraction of sp³-hybridized carbons (Fsp3) is 0.762. The molecule has 1 aromatic heterocycles. The summed E-state index contributed by atoms with van der Waals surface area (Å²) in [4.78, 5) is 27.1. The zero-order valence-corrected chi connectivity index (χ0v) is 19.0. The molecule has 1 saturated carbocycles. The monoisotopic (exact) mass is 441 g/mol. The van der Waals surface area contributed by atoms with E-state index in [1.807, 2.05) is 23.9 Å². The highest BCUT2D eigenvalue weighted by Gasteiger charge is 2.28. The second-order valence-electron chi connectivity index (χ2n) is 8.18. The Balaban J connectivity index is 1.69. The molecule has 0 saturated heterocycles. The first-order valence-corrected chi connectivity index (χ1v) is 11.2. The van der Waals surface area contributed by atoms with Crippen LogP contribution in [0.4, 0.5) is 5.95 Å². The molecule has 0 atom stereocenters. The summed E-state index contributed by atoms with van der Waals surface area (Å²) in [6.07, 6.45) is 8.30. The largest absolute Gasteiger partial charge is 0.395 e. The number of aliphatic hydroxyl groups excluding tert-OH is 2. The first-order chi connectivity index (χ1) is 14.4. The third-order valence-electron chi connectivity index (χ3n) is 5.98. The minimum absolute atomic E-state index is 0.0566. The number of carbonyl (C=O) groups excluding carboxylic acids is 1. The number of rotatable bonds is 12. The SMILES string of the molecule is CN(CCN(CCO)CCO)C(=O)C1CCC(CCN(C)c2ncc(Cl)cn2)CC1. The number of hydrogen-bond donors (Lipinski definition) is 2. The topological polar surface area (TPSA) is 93.0 Å². The maximum Gasteiger partial charge on any atom is 0.225 e. The first kappa shape index (κ1) is 24.8. The highest BCUT2D eigenvalue weighted by Crippen LogP contribution is 2.32. The highest BCUT2D eigenvalue weighted by molar-refractivity contribution is 6.30. The van der Waals surface area contributed by atoms with Crippen LogP contribution in [0.2, 0.25) is 5.02 Å². The third kappa shape index (κ3) is 7.98. The fourth-order valence-corrected chi connectivity index (χ4v) is 4.11. The molecule has 1 fully saturated rings. The molecular weight excluding hydrogens is 406 g/mol. The number of likely N-dealkylation sites (N-methyl/N-ethyl adjacent to an activating group) is 1. The predicted octanol–water partition coefficient (Wildman–Crippen LogP) is 1.51. The molecule has 2 rings (SSSR count). The summed E-state index contributed by atoms with van der Waals surface area (Å²) in [5.74, 6) is 1.63. The number of anilines is 1. The van der Waals surface area contributed by atoms with Gasteiger partial charge in [-0.15, -0.1) is 0 Å². The maximum atomic E-state index is 12.8. The van der Waals surface area contributed by atoms with E-state index in [2.05, 4.69) is 9.97 Å². The minimum atomic E-state index is 0.0566. The van der Waals surface area contributed by atoms with Gasteiger partial charge in [-0.05, 0) is 38.0 Å². The van der Waals surface area contributed by atoms with Crippen LogP contribution in [-0.2, 0) is 4.79 Å². The molecule has 0 unspecified atom stereocenters. The van der Waals surface area contributed by atoms with Gasteiger partial charge in [-0.3, -0.25) is 9.69 Å². The molecule has 1 amide bonds. The minimum Gasteiger partial charge on any atom is -0.395 e. The van der Waals surface area contributed by atoms with Crippen molar-refractivity contribution in [1.29, 1.82) is 0 Å². The van der Waals surface area contributed by atoms with Crippen LogP contribution in [0.3, 0.4) is 0 Å². The lowest BCUT2D eigenvalue weighted by Crippen LogP contribution is -2.41. The van der Waals surface area contributed by atoms with Gasteiger partial charge in [0.2, 0.25) is 11.9 Å². The van der Waals surface area contributed by atoms with Crippen molar-refractivity contribution in [2.24, 2.45) is 11.8 Å². The van der Waals surface area contributed by atoms with Crippen molar-refractivity contribution in [3.63, 3.8) is 0 Å². The van der Waals surface area contributed by atoms with Crippen molar-refractivity contribution in [2.45, 2.75) is 32.1 Å². The molecule has 0 aliphatic heterocycles. The van der Waals surface area contributed by atoms with Gasteiger partial charge in [0.05, 0.1) is 30.6 Å². The van der Waals surface area contributed by atoms with Gasteiger partial charge in [0.1, 0.15) is 0 Å². The van der Waals surface area contributed by atoms with E-state index in [1.165, 1.54) is 0 Å². The molecule has 1 heterocycles. The number of halogens is 1. The normalized spacial score (nSPS) is 19.1. The van der Waals surface area contributed by atoms with Crippen LogP contribution in [0.15, 0.2) is 12.4 Å². The molecule has 0 radical (unpaired) electrons. The van der Waals surface area contributed by atoms with E-state index in [0.29, 0.717) is 43.1 Å². The Morgan fingerprint density at radius 1 is 1.00 bits per heavy atom. The third-order valence-corrected chi connectivity index (χ3v) is 6.17. The Kier molecular flexibility index (Phi) is 10.8. The van der Waals surface area contributed by atoms with Crippen molar-refractivity contribution in [1.82, 2.24) is 19.8 Å². The van der Waals surface area contributed by atoms with Crippen LogP contribution in [0.25, 0.3) is 0 Å². The van der Waals surface area contributed by atoms with Crippen LogP contribution in [-0.4, -0.2) is 95.9 Å². The Hall–Kier alpha value is -1.48. The highest BCUT2D eigenvalue weighted by atomic mass is 35.5. The smallest absolute Gasteiger partial charge is 0.225 e. The summed E-state index contributed by atoms with van der Waals surface area (Å²) in [6, 6.07) is 0. The van der Waals surface area contributed by atoms with Crippen molar-refractivity contribution >= 4 is 23.5 Å². The van der Waals surface area contributed by atoms with E-state index < -0.39 is 0 Å². The zero-order chi connectivity index (χ0) is 21.9. The lowest BCUT2D eigenvalue weighted by Gasteiger charge is -2.32. The van der Waals surface area contributed by atoms with E-state index in [9.17, 15) is 4.79 Å². The Labute approximate surface area is 184 Å². The molecule has 2 N–H and O–H groups in total. The van der Waals surface area contributed by atoms with Crippen LogP contribution in [0.1, 0.15) is 32.1 Å². The molecule has 30 heavy (non-hydrogen) atoms. The number of hydrogen-bond acceptors (Lipinski definition) is 7. The molecule has 8 nitrogen and oxygen atoms in total. The molecule has 170 valence electrons. The van der Waals surface area contributed by atoms with Gasteiger partial charge in [-0.1, -0.05) is 11.6 Å². The average molecular weight is 442 g/mol. The summed E-state index contributed by atoms with van der Waals surface area (Å²) in [5, 5.41) is 18.7. The molecule has 0 bridgehead atoms. The number of carbonyl (C=O) groups is 1. The van der Waals surface area contributed by atoms with E-state index in [1.54, 1.807) is 17.3 Å². The summed E-state index contributed by atoms with van der Waals surface area (Å²) in [7, 11) is 3.84. The van der Waals surface area contributed by atoms with Gasteiger partial charge in [0, 0.05) is 52.7 Å². The summed E-state index contributed by atoms with van der Waals surface area (Å²) >= 11 is 5.84. The second kappa shape index (κ2) is 13.0. The van der Waals surface area contributed by atoms with Crippen molar-refractivity contribution in [2.75, 3.05) is 64.9 Å². The number of nitrogens with zero attached hydrogens (tertiary/aromatic N) is 5. The van der Waals surface area contributed by atoms with Crippen molar-refractivity contribution in [3.05, 3.63) is 17.4 Å². The Morgan fingerprint density at radius 2 is 1.60 bits per heavy atom. The van der Waals surface area contributed by atoms with E-state index >= 15 is 0 Å². The first-order valence-electron chi connectivity index (χ1n) is 10.8. The van der Waals surface area contributed by atoms with Crippen molar-refractivity contribution < 1.29 is 15.0 Å². The molecule has 1 aliphatic rings. The van der Waals surface area contributed by atoms with Crippen LogP contribution in [0.5, 0.6) is 0 Å². The fourth-order valence-electron chi connectivity index (χ4n) is 4.01. The maximum absolute atomic E-state index is 12.8. The second-order valence-corrected chi connectivity index (χ2v) is 8.61. The molecule has 9 heteroatoms. The van der Waals surface area contributed by atoms with E-state index in [-0.39, 0.29) is 25.0 Å². The lowest BCUT2D eigenvalue weighted by atomic mass is 9.80. The number of aromatic nitrogens is 2. The lowest BCUT2D eigenvalue weighted by molar-refractivity contribution is -0.135. The molecule has 0 aromatic carbocycles. The van der Waals surface area contributed by atoms with Gasteiger partial charge < -0.3 is 20.0 Å². The number of aliphatic hydroxyl groups is 2. The Morgan fingerprint density at radius 3 is 2.17 bits per heavy atom. The van der Waals surface area contributed by atoms with Crippen LogP contribution in [0, 0.1) is 11.8 Å². The van der Waals surface area contributed by atoms with Crippen molar-refractivity contribution in [3.8, 4) is 0 Å². The van der Waals surface area contributed by atoms with Gasteiger partial charge in [0.25, 0.3) is 0 Å². The standard InChI is InChI=1S/C21H36ClN5O3/c1-25(9-10-27(11-13-28)12-14-29)20(30)18-5-3-17(4-6-18)7-8-26(2)21-23-15-19(22)16-24-21/h15-18,28-29H,3-14H2,1-2H3. The Bertz CT molecular complexity index is 620. The molecule has 0 spiro atoms. The van der Waals surface area contributed by atoms with Crippen LogP contribution >= 0.6 is 11.6 Å². The summed E-state index contributed by atoms with van der Waals surface area (Å²) in [6.45, 7) is 3.31. The zero-order valence-electron chi connectivity index (χ0n) is 18.2. The van der Waals surface area contributed by atoms with Gasteiger partial charge in [-0.25, -0.2) is 9.97 Å². The average Bonchev–Trinajstić information content (AvgIpc) is 2.76. The summed E-state index contributed by atoms with van der Waals surface area (Å²) in [5.41, 5.74) is 0. The quantitative estimate of drug-likeness (QED) is 0.507. The van der Waals surface area contributed by atoms with Gasteiger partial charge >= 0.3 is 0 Å².